The number of thiocarbonyl (C=S) groups is 1. The minimum Gasteiger partial charge on any atom is -0.468 e. The number of rotatable bonds is 9. The Labute approximate surface area is 218 Å². The smallest absolute Gasteiger partial charge is 0.338 e. The SMILES string of the molecule is CCOC(=O)c1ccc(N2C(=O)C(CC(=O)Nc3ccc(C(=O)OC)cc3)N(CC(=O)OC)C2=S)cc1. The minimum absolute atomic E-state index is 0.0134. The van der Waals surface area contributed by atoms with Gasteiger partial charge in [-0.1, -0.05) is 0 Å². The normalized spacial score (nSPS) is 14.8. The van der Waals surface area contributed by atoms with Crippen molar-refractivity contribution in [3.63, 3.8) is 0 Å². The van der Waals surface area contributed by atoms with Crippen LogP contribution in [0.1, 0.15) is 34.1 Å². The van der Waals surface area contributed by atoms with Crippen molar-refractivity contribution < 1.29 is 38.2 Å². The van der Waals surface area contributed by atoms with E-state index >= 15 is 0 Å². The van der Waals surface area contributed by atoms with E-state index in [0.717, 1.165) is 0 Å². The molecule has 11 nitrogen and oxygen atoms in total. The van der Waals surface area contributed by atoms with Gasteiger partial charge in [0.15, 0.2) is 5.11 Å². The molecule has 0 aliphatic carbocycles. The number of ether oxygens (including phenoxy) is 3. The molecule has 194 valence electrons. The van der Waals surface area contributed by atoms with Gasteiger partial charge in [0.2, 0.25) is 5.91 Å². The lowest BCUT2D eigenvalue weighted by atomic mass is 10.1. The number of carbonyl (C=O) groups excluding carboxylic acids is 5. The van der Waals surface area contributed by atoms with Gasteiger partial charge in [0.1, 0.15) is 12.6 Å². The first-order valence-electron chi connectivity index (χ1n) is 11.2. The van der Waals surface area contributed by atoms with Crippen LogP contribution in [0.15, 0.2) is 48.5 Å². The van der Waals surface area contributed by atoms with Crippen molar-refractivity contribution in [1.82, 2.24) is 4.90 Å². The first-order valence-corrected chi connectivity index (χ1v) is 11.6. The van der Waals surface area contributed by atoms with Crippen molar-refractivity contribution in [3.8, 4) is 0 Å². The van der Waals surface area contributed by atoms with Gasteiger partial charge >= 0.3 is 17.9 Å². The average Bonchev–Trinajstić information content (AvgIpc) is 3.12. The zero-order chi connectivity index (χ0) is 27.1. The van der Waals surface area contributed by atoms with Crippen LogP contribution in [0, 0.1) is 0 Å². The highest BCUT2D eigenvalue weighted by Gasteiger charge is 2.45. The summed E-state index contributed by atoms with van der Waals surface area (Å²) in [6, 6.07) is 11.0. The summed E-state index contributed by atoms with van der Waals surface area (Å²) in [4.78, 5) is 64.3. The second-order valence-electron chi connectivity index (χ2n) is 7.76. The molecule has 2 aromatic rings. The van der Waals surface area contributed by atoms with E-state index in [1.165, 1.54) is 72.6 Å². The van der Waals surface area contributed by atoms with E-state index < -0.39 is 35.8 Å². The molecule has 0 saturated carbocycles. The Bertz CT molecular complexity index is 1210. The summed E-state index contributed by atoms with van der Waals surface area (Å²) >= 11 is 5.48. The van der Waals surface area contributed by atoms with E-state index in [9.17, 15) is 24.0 Å². The maximum Gasteiger partial charge on any atom is 0.338 e. The van der Waals surface area contributed by atoms with Crippen molar-refractivity contribution in [2.45, 2.75) is 19.4 Å². The molecule has 3 rings (SSSR count). The molecule has 0 radical (unpaired) electrons. The fourth-order valence-corrected chi connectivity index (χ4v) is 4.00. The molecule has 1 aliphatic rings. The molecule has 0 aromatic heterocycles. The Hall–Kier alpha value is -4.32. The zero-order valence-electron chi connectivity index (χ0n) is 20.4. The van der Waals surface area contributed by atoms with Crippen molar-refractivity contribution in [2.75, 3.05) is 37.6 Å². The van der Waals surface area contributed by atoms with Crippen LogP contribution in [0.4, 0.5) is 11.4 Å². The Balaban J connectivity index is 1.80. The summed E-state index contributed by atoms with van der Waals surface area (Å²) in [6.07, 6.45) is -0.313. The molecule has 2 amide bonds. The van der Waals surface area contributed by atoms with E-state index in [4.69, 9.17) is 21.7 Å². The zero-order valence-corrected chi connectivity index (χ0v) is 21.2. The Morgan fingerprint density at radius 2 is 1.51 bits per heavy atom. The summed E-state index contributed by atoms with van der Waals surface area (Å²) in [6.45, 7) is 1.57. The summed E-state index contributed by atoms with van der Waals surface area (Å²) in [5.74, 6) is -2.70. The van der Waals surface area contributed by atoms with Crippen LogP contribution < -0.4 is 10.2 Å². The quantitative estimate of drug-likeness (QED) is 0.294. The lowest BCUT2D eigenvalue weighted by Gasteiger charge is -2.22. The lowest BCUT2D eigenvalue weighted by molar-refractivity contribution is -0.141. The monoisotopic (exact) mass is 527 g/mol. The third kappa shape index (κ3) is 6.28. The van der Waals surface area contributed by atoms with Crippen LogP contribution in [-0.4, -0.2) is 73.1 Å². The number of esters is 3. The van der Waals surface area contributed by atoms with Gasteiger partial charge in [0, 0.05) is 5.69 Å². The summed E-state index contributed by atoms with van der Waals surface area (Å²) in [5.41, 5.74) is 1.37. The van der Waals surface area contributed by atoms with E-state index in [0.29, 0.717) is 22.5 Å². The highest BCUT2D eigenvalue weighted by molar-refractivity contribution is 7.80. The number of carbonyl (C=O) groups is 5. The van der Waals surface area contributed by atoms with Crippen LogP contribution in [0.3, 0.4) is 0 Å². The largest absolute Gasteiger partial charge is 0.468 e. The highest BCUT2D eigenvalue weighted by atomic mass is 32.1. The molecule has 1 aliphatic heterocycles. The standard InChI is InChI=1S/C25H25N3O8S/c1-4-36-24(33)16-7-11-18(12-8-16)28-22(31)19(27(25(28)37)14-21(30)34-2)13-20(29)26-17-9-5-15(6-10-17)23(32)35-3/h5-12,19H,4,13-14H2,1-3H3,(H,26,29). The van der Waals surface area contributed by atoms with Crippen LogP contribution in [0.25, 0.3) is 0 Å². The van der Waals surface area contributed by atoms with Gasteiger partial charge in [-0.15, -0.1) is 0 Å². The number of nitrogens with one attached hydrogen (secondary N) is 1. The van der Waals surface area contributed by atoms with E-state index in [2.05, 4.69) is 10.1 Å². The van der Waals surface area contributed by atoms with Crippen LogP contribution in [0.2, 0.25) is 0 Å². The van der Waals surface area contributed by atoms with Gasteiger partial charge in [-0.2, -0.15) is 0 Å². The van der Waals surface area contributed by atoms with Crippen molar-refractivity contribution in [1.29, 1.82) is 0 Å². The number of hydrogen-bond acceptors (Lipinski definition) is 9. The second kappa shape index (κ2) is 12.1. The maximum absolute atomic E-state index is 13.4. The molecule has 12 heteroatoms. The molecule has 0 spiro atoms. The van der Waals surface area contributed by atoms with Crippen molar-refractivity contribution in [2.24, 2.45) is 0 Å². The predicted octanol–water partition coefficient (Wildman–Crippen LogP) is 2.15. The number of methoxy groups -OCH3 is 2. The van der Waals surface area contributed by atoms with Crippen molar-refractivity contribution >= 4 is 58.4 Å². The molecule has 1 fully saturated rings. The molecule has 1 unspecified atom stereocenters. The number of amides is 2. The topological polar surface area (TPSA) is 132 Å². The highest BCUT2D eigenvalue weighted by Crippen LogP contribution is 2.28. The number of nitrogens with zero attached hydrogens (tertiary/aromatic N) is 2. The third-order valence-corrected chi connectivity index (χ3v) is 5.87. The molecular formula is C25H25N3O8S. The van der Waals surface area contributed by atoms with E-state index in [1.54, 1.807) is 6.92 Å². The predicted molar refractivity (Wildman–Crippen MR) is 136 cm³/mol. The lowest BCUT2D eigenvalue weighted by Crippen LogP contribution is -2.41. The van der Waals surface area contributed by atoms with E-state index in [1.807, 2.05) is 0 Å². The van der Waals surface area contributed by atoms with Crippen molar-refractivity contribution in [3.05, 3.63) is 59.7 Å². The summed E-state index contributed by atoms with van der Waals surface area (Å²) in [7, 11) is 2.47. The molecular weight excluding hydrogens is 502 g/mol. The first kappa shape index (κ1) is 27.3. The fraction of sp³-hybridized carbons (Fsp3) is 0.280. The van der Waals surface area contributed by atoms with Crippen LogP contribution in [-0.2, 0) is 28.6 Å². The van der Waals surface area contributed by atoms with Crippen LogP contribution >= 0.6 is 12.2 Å². The van der Waals surface area contributed by atoms with Gasteiger partial charge in [-0.05, 0) is 67.7 Å². The van der Waals surface area contributed by atoms with Crippen LogP contribution in [0.5, 0.6) is 0 Å². The second-order valence-corrected chi connectivity index (χ2v) is 8.13. The van der Waals surface area contributed by atoms with Gasteiger partial charge in [-0.3, -0.25) is 19.3 Å². The fourth-order valence-electron chi connectivity index (χ4n) is 3.61. The van der Waals surface area contributed by atoms with Gasteiger partial charge in [0.25, 0.3) is 5.91 Å². The molecule has 2 aromatic carbocycles. The minimum atomic E-state index is -1.08. The molecule has 1 heterocycles. The summed E-state index contributed by atoms with van der Waals surface area (Å²) < 4.78 is 14.3. The molecule has 1 N–H and O–H groups in total. The summed E-state index contributed by atoms with van der Waals surface area (Å²) in [5, 5.41) is 2.68. The Morgan fingerprint density at radius 3 is 2.08 bits per heavy atom. The third-order valence-electron chi connectivity index (χ3n) is 5.45. The van der Waals surface area contributed by atoms with E-state index in [-0.39, 0.29) is 24.7 Å². The molecule has 1 saturated heterocycles. The van der Waals surface area contributed by atoms with Gasteiger partial charge in [0.05, 0.1) is 44.1 Å². The average molecular weight is 528 g/mol. The first-order chi connectivity index (χ1) is 17.7. The number of anilines is 2. The molecule has 1 atom stereocenters. The maximum atomic E-state index is 13.4. The molecule has 37 heavy (non-hydrogen) atoms. The van der Waals surface area contributed by atoms with Gasteiger partial charge in [-0.25, -0.2) is 9.59 Å². The Morgan fingerprint density at radius 1 is 0.919 bits per heavy atom. The number of hydrogen-bond donors (Lipinski definition) is 1. The number of benzene rings is 2. The van der Waals surface area contributed by atoms with Gasteiger partial charge < -0.3 is 24.4 Å². The Kier molecular flexibility index (Phi) is 8.90. The molecule has 0 bridgehead atoms.